The fourth-order valence-corrected chi connectivity index (χ4v) is 4.43. The monoisotopic (exact) mass is 345 g/mol. The molecule has 0 atom stereocenters. The Kier molecular flexibility index (Phi) is 4.14. The molecule has 0 aliphatic heterocycles. The van der Waals surface area contributed by atoms with Crippen molar-refractivity contribution in [1.82, 2.24) is 4.98 Å². The second kappa shape index (κ2) is 6.10. The van der Waals surface area contributed by atoms with Crippen LogP contribution in [0.25, 0.3) is 20.5 Å². The predicted octanol–water partition coefficient (Wildman–Crippen LogP) is 3.23. The van der Waals surface area contributed by atoms with Gasteiger partial charge in [0.15, 0.2) is 0 Å². The van der Waals surface area contributed by atoms with E-state index in [4.69, 9.17) is 11.5 Å². The number of anilines is 1. The molecule has 0 saturated carbocycles. The third-order valence-corrected chi connectivity index (χ3v) is 5.73. The lowest BCUT2D eigenvalue weighted by molar-refractivity contribution is -0.116. The van der Waals surface area contributed by atoms with Crippen LogP contribution in [0.3, 0.4) is 0 Å². The molecule has 3 aromatic heterocycles. The van der Waals surface area contributed by atoms with Crippen molar-refractivity contribution in [3.63, 3.8) is 0 Å². The Morgan fingerprint density at radius 1 is 1.30 bits per heavy atom. The van der Waals surface area contributed by atoms with Gasteiger partial charge in [-0.1, -0.05) is 0 Å². The van der Waals surface area contributed by atoms with Gasteiger partial charge in [-0.3, -0.25) is 4.79 Å². The van der Waals surface area contributed by atoms with E-state index in [0.29, 0.717) is 17.8 Å². The Balaban J connectivity index is 2.01. The van der Waals surface area contributed by atoms with Crippen LogP contribution in [0.5, 0.6) is 0 Å². The summed E-state index contributed by atoms with van der Waals surface area (Å²) in [5.41, 5.74) is 12.8. The van der Waals surface area contributed by atoms with Crippen molar-refractivity contribution in [3.8, 4) is 10.4 Å². The first-order chi connectivity index (χ1) is 11.0. The summed E-state index contributed by atoms with van der Waals surface area (Å²) in [6, 6.07) is 4.01. The number of ketones is 1. The summed E-state index contributed by atoms with van der Waals surface area (Å²) in [4.78, 5) is 28.8. The van der Waals surface area contributed by atoms with Crippen LogP contribution in [0.4, 0.5) is 5.82 Å². The van der Waals surface area contributed by atoms with Gasteiger partial charge in [-0.2, -0.15) is 0 Å². The number of primary amides is 1. The summed E-state index contributed by atoms with van der Waals surface area (Å²) in [6.07, 6.45) is 2.72. The number of carbonyl (C=O) groups is 2. The standard InChI is InChI=1S/C16H15N3O2S2/c1-8(20)2-3-10-4-9(7-22-10)13-5-11-14(23-13)12(16(18)21)6-19-15(11)17/h4-7H,2-3H2,1H3,(H2,17,19)(H2,18,21). The molecule has 118 valence electrons. The number of nitrogens with two attached hydrogens (primary N) is 2. The van der Waals surface area contributed by atoms with E-state index in [1.54, 1.807) is 18.3 Å². The quantitative estimate of drug-likeness (QED) is 0.741. The predicted molar refractivity (Wildman–Crippen MR) is 94.9 cm³/mol. The van der Waals surface area contributed by atoms with Crippen molar-refractivity contribution < 1.29 is 9.59 Å². The second-order valence-corrected chi connectivity index (χ2v) is 7.33. The van der Waals surface area contributed by atoms with Crippen molar-refractivity contribution in [2.45, 2.75) is 19.8 Å². The van der Waals surface area contributed by atoms with Gasteiger partial charge >= 0.3 is 0 Å². The van der Waals surface area contributed by atoms with E-state index >= 15 is 0 Å². The molecule has 0 spiro atoms. The summed E-state index contributed by atoms with van der Waals surface area (Å²) >= 11 is 3.10. The van der Waals surface area contributed by atoms with E-state index in [-0.39, 0.29) is 5.78 Å². The lowest BCUT2D eigenvalue weighted by Crippen LogP contribution is -2.11. The van der Waals surface area contributed by atoms with Gasteiger partial charge < -0.3 is 16.3 Å². The number of aryl methyl sites for hydroxylation is 1. The first-order valence-electron chi connectivity index (χ1n) is 7.00. The minimum atomic E-state index is -0.511. The van der Waals surface area contributed by atoms with Crippen molar-refractivity contribution in [3.05, 3.63) is 34.2 Å². The van der Waals surface area contributed by atoms with E-state index in [0.717, 1.165) is 31.8 Å². The summed E-state index contributed by atoms with van der Waals surface area (Å²) in [7, 11) is 0. The number of nitrogens with zero attached hydrogens (tertiary/aromatic N) is 1. The number of hydrogen-bond donors (Lipinski definition) is 2. The molecule has 5 nitrogen and oxygen atoms in total. The number of hydrogen-bond acceptors (Lipinski definition) is 6. The average molecular weight is 345 g/mol. The van der Waals surface area contributed by atoms with Crippen molar-refractivity contribution in [1.29, 1.82) is 0 Å². The summed E-state index contributed by atoms with van der Waals surface area (Å²) < 4.78 is 0.761. The van der Waals surface area contributed by atoms with E-state index < -0.39 is 5.91 Å². The van der Waals surface area contributed by atoms with Gasteiger partial charge in [0.2, 0.25) is 0 Å². The molecule has 3 aromatic rings. The highest BCUT2D eigenvalue weighted by Crippen LogP contribution is 2.38. The van der Waals surface area contributed by atoms with Crippen molar-refractivity contribution in [2.75, 3.05) is 5.73 Å². The maximum Gasteiger partial charge on any atom is 0.251 e. The zero-order valence-electron chi connectivity index (χ0n) is 12.5. The van der Waals surface area contributed by atoms with Gasteiger partial charge in [-0.25, -0.2) is 4.98 Å². The molecule has 3 heterocycles. The topological polar surface area (TPSA) is 99.1 Å². The average Bonchev–Trinajstić information content (AvgIpc) is 3.12. The number of thiophene rings is 2. The van der Waals surface area contributed by atoms with Gasteiger partial charge in [0.1, 0.15) is 11.6 Å². The Labute approximate surface area is 140 Å². The SMILES string of the molecule is CC(=O)CCc1cc(-c2cc3c(N)ncc(C(N)=O)c3s2)cs1. The minimum absolute atomic E-state index is 0.187. The number of rotatable bonds is 5. The van der Waals surface area contributed by atoms with Gasteiger partial charge in [-0.05, 0) is 30.9 Å². The molecular formula is C16H15N3O2S2. The molecule has 23 heavy (non-hydrogen) atoms. The zero-order valence-corrected chi connectivity index (χ0v) is 14.1. The number of fused-ring (bicyclic) bond motifs is 1. The molecule has 3 rings (SSSR count). The van der Waals surface area contributed by atoms with Crippen LogP contribution < -0.4 is 11.5 Å². The Morgan fingerprint density at radius 2 is 2.09 bits per heavy atom. The molecule has 1 amide bonds. The normalized spacial score (nSPS) is 11.0. The van der Waals surface area contributed by atoms with E-state index in [9.17, 15) is 9.59 Å². The second-order valence-electron chi connectivity index (χ2n) is 5.28. The van der Waals surface area contributed by atoms with Gasteiger partial charge in [0, 0.05) is 33.3 Å². The molecule has 0 radical (unpaired) electrons. The first kappa shape index (κ1) is 15.6. The lowest BCUT2D eigenvalue weighted by Gasteiger charge is -1.99. The van der Waals surface area contributed by atoms with Crippen LogP contribution in [0.2, 0.25) is 0 Å². The van der Waals surface area contributed by atoms with Crippen LogP contribution in [-0.4, -0.2) is 16.7 Å². The summed E-state index contributed by atoms with van der Waals surface area (Å²) in [5.74, 6) is 0.0645. The van der Waals surface area contributed by atoms with E-state index in [2.05, 4.69) is 11.1 Å². The fourth-order valence-electron chi connectivity index (χ4n) is 2.30. The maximum atomic E-state index is 11.5. The number of pyridine rings is 1. The number of carbonyl (C=O) groups excluding carboxylic acids is 2. The van der Waals surface area contributed by atoms with Crippen LogP contribution in [0.1, 0.15) is 28.6 Å². The maximum absolute atomic E-state index is 11.5. The number of aromatic nitrogens is 1. The molecule has 0 aliphatic rings. The third-order valence-electron chi connectivity index (χ3n) is 3.51. The smallest absolute Gasteiger partial charge is 0.251 e. The Hall–Kier alpha value is -2.25. The summed E-state index contributed by atoms with van der Waals surface area (Å²) in [5, 5.41) is 2.80. The van der Waals surface area contributed by atoms with Gasteiger partial charge in [-0.15, -0.1) is 22.7 Å². The van der Waals surface area contributed by atoms with Crippen LogP contribution >= 0.6 is 22.7 Å². The highest BCUT2D eigenvalue weighted by Gasteiger charge is 2.15. The molecule has 4 N–H and O–H groups in total. The van der Waals surface area contributed by atoms with E-state index in [1.807, 2.05) is 11.4 Å². The van der Waals surface area contributed by atoms with Crippen LogP contribution in [-0.2, 0) is 11.2 Å². The Morgan fingerprint density at radius 3 is 2.78 bits per heavy atom. The highest BCUT2D eigenvalue weighted by atomic mass is 32.1. The molecule has 0 bridgehead atoms. The lowest BCUT2D eigenvalue weighted by atomic mass is 10.1. The van der Waals surface area contributed by atoms with Crippen LogP contribution in [0.15, 0.2) is 23.7 Å². The highest BCUT2D eigenvalue weighted by molar-refractivity contribution is 7.23. The number of nitrogen functional groups attached to an aromatic ring is 1. The minimum Gasteiger partial charge on any atom is -0.383 e. The first-order valence-corrected chi connectivity index (χ1v) is 8.70. The molecular weight excluding hydrogens is 330 g/mol. The number of Topliss-reactive ketones (excluding diaryl/α,β-unsaturated/α-hetero) is 1. The van der Waals surface area contributed by atoms with Gasteiger partial charge in [0.05, 0.1) is 10.3 Å². The molecule has 0 saturated heterocycles. The van der Waals surface area contributed by atoms with Crippen molar-refractivity contribution in [2.24, 2.45) is 5.73 Å². The summed E-state index contributed by atoms with van der Waals surface area (Å²) in [6.45, 7) is 1.60. The molecule has 7 heteroatoms. The van der Waals surface area contributed by atoms with Crippen LogP contribution in [0, 0.1) is 0 Å². The third kappa shape index (κ3) is 3.11. The zero-order chi connectivity index (χ0) is 16.6. The van der Waals surface area contributed by atoms with Crippen molar-refractivity contribution >= 4 is 50.3 Å². The molecule has 0 aromatic carbocycles. The van der Waals surface area contributed by atoms with E-state index in [1.165, 1.54) is 17.5 Å². The molecule has 0 aliphatic carbocycles. The molecule has 0 unspecified atom stereocenters. The van der Waals surface area contributed by atoms with Gasteiger partial charge in [0.25, 0.3) is 5.91 Å². The number of amides is 1. The molecule has 0 fully saturated rings. The fraction of sp³-hybridized carbons (Fsp3) is 0.188. The Bertz CT molecular complexity index is 911. The largest absolute Gasteiger partial charge is 0.383 e.